The number of aliphatic hydroxyl groups excluding tert-OH is 1. The van der Waals surface area contributed by atoms with Crippen molar-refractivity contribution < 1.29 is 32.9 Å². The van der Waals surface area contributed by atoms with Gasteiger partial charge in [0.25, 0.3) is 0 Å². The van der Waals surface area contributed by atoms with Crippen LogP contribution in [-0.4, -0.2) is 73.4 Å². The lowest BCUT2D eigenvalue weighted by atomic mass is 10.0. The van der Waals surface area contributed by atoms with Crippen LogP contribution in [0.1, 0.15) is 245 Å². The number of nitrogens with one attached hydrogen (secondary N) is 1. The zero-order valence-corrected chi connectivity index (χ0v) is 47.1. The fourth-order valence-electron chi connectivity index (χ4n) is 8.15. The summed E-state index contributed by atoms with van der Waals surface area (Å²) in [5.41, 5.74) is 0. The van der Waals surface area contributed by atoms with Crippen molar-refractivity contribution in [3.05, 3.63) is 85.1 Å². The van der Waals surface area contributed by atoms with Crippen molar-refractivity contribution in [3.8, 4) is 0 Å². The molecule has 0 spiro atoms. The topological polar surface area (TPSA) is 105 Å². The monoisotopic (exact) mass is 1000 g/mol. The first-order chi connectivity index (χ1) is 34.0. The maximum atomic E-state index is 13.0. The number of rotatable bonds is 52. The van der Waals surface area contributed by atoms with Gasteiger partial charge >= 0.3 is 7.82 Å². The second-order valence-corrected chi connectivity index (χ2v) is 22.1. The minimum atomic E-state index is -4.34. The molecule has 8 nitrogen and oxygen atoms in total. The van der Waals surface area contributed by atoms with Gasteiger partial charge in [-0.05, 0) is 70.6 Å². The molecule has 0 aliphatic heterocycles. The van der Waals surface area contributed by atoms with E-state index in [1.165, 1.54) is 128 Å². The smallest absolute Gasteiger partial charge is 0.391 e. The molecule has 0 aromatic heterocycles. The second kappa shape index (κ2) is 51.6. The normalized spacial score (nSPS) is 14.6. The first-order valence-corrected chi connectivity index (χ1v) is 30.4. The van der Waals surface area contributed by atoms with Gasteiger partial charge in [0, 0.05) is 6.42 Å². The first kappa shape index (κ1) is 67.7. The van der Waals surface area contributed by atoms with Crippen molar-refractivity contribution in [2.45, 2.75) is 257 Å². The van der Waals surface area contributed by atoms with Crippen LogP contribution in [0.4, 0.5) is 0 Å². The molecule has 3 unspecified atom stereocenters. The zero-order valence-electron chi connectivity index (χ0n) is 46.2. The third-order valence-corrected chi connectivity index (χ3v) is 13.6. The van der Waals surface area contributed by atoms with Crippen LogP contribution in [0.2, 0.25) is 0 Å². The van der Waals surface area contributed by atoms with Crippen LogP contribution >= 0.6 is 7.82 Å². The molecular weight excluding hydrogens is 888 g/mol. The Labute approximate surface area is 433 Å². The van der Waals surface area contributed by atoms with E-state index in [1.54, 1.807) is 0 Å². The molecule has 0 bridgehead atoms. The van der Waals surface area contributed by atoms with Crippen molar-refractivity contribution in [1.82, 2.24) is 5.32 Å². The average molecular weight is 1000 g/mol. The largest absolute Gasteiger partial charge is 0.472 e. The zero-order chi connectivity index (χ0) is 51.3. The Morgan fingerprint density at radius 2 is 0.857 bits per heavy atom. The molecule has 0 fully saturated rings. The summed E-state index contributed by atoms with van der Waals surface area (Å²) in [6.07, 6.45) is 72.1. The molecule has 9 heteroatoms. The minimum Gasteiger partial charge on any atom is -0.391 e. The van der Waals surface area contributed by atoms with Gasteiger partial charge in [0.05, 0.1) is 39.9 Å². The highest BCUT2D eigenvalue weighted by atomic mass is 31.2. The van der Waals surface area contributed by atoms with E-state index in [4.69, 9.17) is 9.05 Å². The van der Waals surface area contributed by atoms with Crippen molar-refractivity contribution in [1.29, 1.82) is 0 Å². The summed E-state index contributed by atoms with van der Waals surface area (Å²) in [6, 6.07) is -0.786. The molecular formula is C61H112N2O6P+. The summed E-state index contributed by atoms with van der Waals surface area (Å²) >= 11 is 0. The Morgan fingerprint density at radius 1 is 0.500 bits per heavy atom. The number of hydrogen-bond acceptors (Lipinski definition) is 5. The summed E-state index contributed by atoms with van der Waals surface area (Å²) in [6.45, 7) is 4.76. The standard InChI is InChI=1S/C61H111N2O6P/c1-6-8-10-12-14-16-18-20-22-24-26-28-30-31-33-35-37-39-41-43-45-47-49-51-53-55-61(65)62-59(58-69-70(66,67)68-57-56-63(3,4)5)60(64)54-52-50-48-46-44-42-40-38-36-34-32-29-27-25-23-21-19-17-15-13-11-9-7-2/h8,10,14,16,20,22,26,28,31,33,37,39,43,45,59-60,64H,6-7,9,11-13,15,17-19,21,23-25,27,29-30,32,34-36,38,40-42,44,46-58H2,1-5H3,(H-,62,65,66,67)/p+1/b10-8-,16-14-,22-20-,28-26-,33-31-,39-37-,45-43-. The SMILES string of the molecule is CC/C=C\C/C=C\C/C=C\C/C=C\C/C=C\C/C=C\C/C=C\CCCCCC(=O)NC(COP(=O)(O)OCC[N+](C)(C)C)C(O)CCCCCCCCCCCCCCCCCCCCCCCCC. The summed E-state index contributed by atoms with van der Waals surface area (Å²) in [7, 11) is 1.58. The van der Waals surface area contributed by atoms with E-state index in [9.17, 15) is 19.4 Å². The number of unbranched alkanes of at least 4 members (excludes halogenated alkanes) is 25. The fraction of sp³-hybridized carbons (Fsp3) is 0.754. The molecule has 0 aliphatic carbocycles. The molecule has 0 aliphatic rings. The number of phosphoric acid groups is 1. The Balaban J connectivity index is 4.28. The predicted octanol–water partition coefficient (Wildman–Crippen LogP) is 17.6. The van der Waals surface area contributed by atoms with Gasteiger partial charge in [-0.3, -0.25) is 13.8 Å². The Bertz CT molecular complexity index is 1410. The lowest BCUT2D eigenvalue weighted by molar-refractivity contribution is -0.870. The Morgan fingerprint density at radius 3 is 1.24 bits per heavy atom. The van der Waals surface area contributed by atoms with Crippen LogP contribution in [0.3, 0.4) is 0 Å². The van der Waals surface area contributed by atoms with Gasteiger partial charge < -0.3 is 19.8 Å². The number of allylic oxidation sites excluding steroid dienone is 14. The third kappa shape index (κ3) is 53.5. The average Bonchev–Trinajstić information content (AvgIpc) is 3.32. The molecule has 70 heavy (non-hydrogen) atoms. The molecule has 0 aromatic rings. The van der Waals surface area contributed by atoms with E-state index in [2.05, 4.69) is 104 Å². The maximum absolute atomic E-state index is 13.0. The van der Waals surface area contributed by atoms with Gasteiger partial charge in [-0.2, -0.15) is 0 Å². The number of amides is 1. The lowest BCUT2D eigenvalue weighted by Gasteiger charge is -2.26. The van der Waals surface area contributed by atoms with Crippen LogP contribution in [0, 0.1) is 0 Å². The minimum absolute atomic E-state index is 0.0636. The molecule has 406 valence electrons. The summed E-state index contributed by atoms with van der Waals surface area (Å²) in [4.78, 5) is 23.3. The molecule has 0 aromatic carbocycles. The molecule has 0 radical (unpaired) electrons. The van der Waals surface area contributed by atoms with Crippen LogP contribution < -0.4 is 5.32 Å². The van der Waals surface area contributed by atoms with Crippen molar-refractivity contribution >= 4 is 13.7 Å². The van der Waals surface area contributed by atoms with Crippen LogP contribution in [0.15, 0.2) is 85.1 Å². The molecule has 0 saturated carbocycles. The van der Waals surface area contributed by atoms with Gasteiger partial charge in [0.2, 0.25) is 5.91 Å². The maximum Gasteiger partial charge on any atom is 0.472 e. The molecule has 0 heterocycles. The summed E-state index contributed by atoms with van der Waals surface area (Å²) < 4.78 is 23.8. The van der Waals surface area contributed by atoms with E-state index < -0.39 is 20.0 Å². The van der Waals surface area contributed by atoms with Gasteiger partial charge in [0.15, 0.2) is 0 Å². The quantitative estimate of drug-likeness (QED) is 0.0243. The predicted molar refractivity (Wildman–Crippen MR) is 304 cm³/mol. The number of quaternary nitrogens is 1. The Hall–Kier alpha value is -2.32. The first-order valence-electron chi connectivity index (χ1n) is 29.0. The van der Waals surface area contributed by atoms with E-state index in [0.29, 0.717) is 23.9 Å². The molecule has 1 amide bonds. The fourth-order valence-corrected chi connectivity index (χ4v) is 8.88. The number of carbonyl (C=O) groups is 1. The summed E-state index contributed by atoms with van der Waals surface area (Å²) in [5, 5.41) is 14.1. The number of likely N-dealkylation sites (N-methyl/N-ethyl adjacent to an activating group) is 1. The van der Waals surface area contributed by atoms with Crippen molar-refractivity contribution in [3.63, 3.8) is 0 Å². The van der Waals surface area contributed by atoms with Gasteiger partial charge in [0.1, 0.15) is 13.2 Å². The highest BCUT2D eigenvalue weighted by molar-refractivity contribution is 7.47. The molecule has 0 saturated heterocycles. The molecule has 3 N–H and O–H groups in total. The van der Waals surface area contributed by atoms with Gasteiger partial charge in [-0.25, -0.2) is 4.57 Å². The van der Waals surface area contributed by atoms with E-state index in [1.807, 2.05) is 21.1 Å². The van der Waals surface area contributed by atoms with Gasteiger partial charge in [-0.15, -0.1) is 0 Å². The second-order valence-electron chi connectivity index (χ2n) is 20.6. The van der Waals surface area contributed by atoms with Gasteiger partial charge in [-0.1, -0.05) is 253 Å². The number of aliphatic hydroxyl groups is 1. The Kier molecular flexibility index (Phi) is 49.9. The lowest BCUT2D eigenvalue weighted by Crippen LogP contribution is -2.46. The van der Waals surface area contributed by atoms with E-state index >= 15 is 0 Å². The molecule has 3 atom stereocenters. The molecule has 0 rings (SSSR count). The van der Waals surface area contributed by atoms with Crippen LogP contribution in [0.5, 0.6) is 0 Å². The van der Waals surface area contributed by atoms with E-state index in [0.717, 1.165) is 89.9 Å². The number of carbonyl (C=O) groups excluding carboxylic acids is 1. The van der Waals surface area contributed by atoms with E-state index in [-0.39, 0.29) is 19.1 Å². The van der Waals surface area contributed by atoms with Crippen LogP contribution in [0.25, 0.3) is 0 Å². The number of phosphoric ester groups is 1. The highest BCUT2D eigenvalue weighted by Crippen LogP contribution is 2.43. The number of nitrogens with zero attached hydrogens (tertiary/aromatic N) is 1. The van der Waals surface area contributed by atoms with Crippen LogP contribution in [-0.2, 0) is 18.4 Å². The number of hydrogen-bond donors (Lipinski definition) is 3. The third-order valence-electron chi connectivity index (χ3n) is 12.7. The van der Waals surface area contributed by atoms with Crippen molar-refractivity contribution in [2.24, 2.45) is 0 Å². The highest BCUT2D eigenvalue weighted by Gasteiger charge is 2.28. The summed E-state index contributed by atoms with van der Waals surface area (Å²) in [5.74, 6) is -0.177. The van der Waals surface area contributed by atoms with Crippen molar-refractivity contribution in [2.75, 3.05) is 40.9 Å².